The van der Waals surface area contributed by atoms with E-state index in [2.05, 4.69) is 5.43 Å². The third kappa shape index (κ3) is 1.54. The fourth-order valence-electron chi connectivity index (χ4n) is 1.38. The summed E-state index contributed by atoms with van der Waals surface area (Å²) in [5.41, 5.74) is 8.98. The normalized spacial score (nSPS) is 10.3. The molecule has 1 aromatic carbocycles. The van der Waals surface area contributed by atoms with Crippen molar-refractivity contribution in [3.8, 4) is 0 Å². The lowest BCUT2D eigenvalue weighted by atomic mass is 10.3. The molecule has 4 heteroatoms. The highest BCUT2D eigenvalue weighted by atomic mass is 16.1. The summed E-state index contributed by atoms with van der Waals surface area (Å²) in [4.78, 5) is 10.6. The number of nitrogens with two attached hydrogens (primary N) is 1. The molecule has 0 aliphatic carbocycles. The smallest absolute Gasteiger partial charge is 0.238 e. The van der Waals surface area contributed by atoms with Crippen LogP contribution in [0.3, 0.4) is 0 Å². The Morgan fingerprint density at radius 3 is 2.93 bits per heavy atom. The number of fused-ring (bicyclic) bond motifs is 1. The van der Waals surface area contributed by atoms with Crippen LogP contribution in [0.25, 0.3) is 10.9 Å². The van der Waals surface area contributed by atoms with Crippen LogP contribution in [0.4, 0.5) is 0 Å². The Hall–Kier alpha value is -1.97. The van der Waals surface area contributed by atoms with Crippen LogP contribution in [0, 0.1) is 0 Å². The molecular weight excluding hydrogens is 178 g/mol. The number of hydrogen-bond donors (Lipinski definition) is 2. The molecular formula is C10H11N3O. The molecule has 0 bridgehead atoms. The van der Waals surface area contributed by atoms with Crippen LogP contribution in [-0.2, 0) is 4.79 Å². The highest BCUT2D eigenvalue weighted by Crippen LogP contribution is 2.12. The zero-order valence-electron chi connectivity index (χ0n) is 7.60. The molecule has 4 nitrogen and oxygen atoms in total. The molecule has 3 N–H and O–H groups in total. The van der Waals surface area contributed by atoms with Crippen molar-refractivity contribution in [2.75, 3.05) is 12.0 Å². The van der Waals surface area contributed by atoms with Crippen molar-refractivity contribution >= 4 is 16.8 Å². The van der Waals surface area contributed by atoms with Crippen molar-refractivity contribution in [1.29, 1.82) is 0 Å². The van der Waals surface area contributed by atoms with Gasteiger partial charge in [0.2, 0.25) is 5.91 Å². The van der Waals surface area contributed by atoms with Gasteiger partial charge in [-0.3, -0.25) is 9.47 Å². The number of rotatable bonds is 3. The van der Waals surface area contributed by atoms with E-state index in [1.54, 1.807) is 4.68 Å². The van der Waals surface area contributed by atoms with Crippen LogP contribution in [0.15, 0.2) is 36.5 Å². The quantitative estimate of drug-likeness (QED) is 0.745. The predicted octanol–water partition coefficient (Wildman–Crippen LogP) is 0.670. The summed E-state index contributed by atoms with van der Waals surface area (Å²) >= 11 is 0. The Bertz CT molecular complexity index is 461. The topological polar surface area (TPSA) is 60.1 Å². The standard InChI is InChI=1S/C10H11N3O/c11-10(14)7-12-13-6-5-8-3-1-2-4-9(8)13/h1-6,12H,7H2,(H2,11,14). The van der Waals surface area contributed by atoms with E-state index in [0.29, 0.717) is 0 Å². The average Bonchev–Trinajstić information content (AvgIpc) is 2.58. The largest absolute Gasteiger partial charge is 0.368 e. The van der Waals surface area contributed by atoms with Crippen molar-refractivity contribution in [1.82, 2.24) is 4.68 Å². The van der Waals surface area contributed by atoms with Gasteiger partial charge in [-0.15, -0.1) is 0 Å². The van der Waals surface area contributed by atoms with E-state index < -0.39 is 0 Å². The summed E-state index contributed by atoms with van der Waals surface area (Å²) in [6, 6.07) is 9.88. The maximum Gasteiger partial charge on any atom is 0.238 e. The molecule has 2 rings (SSSR count). The molecule has 14 heavy (non-hydrogen) atoms. The Labute approximate surface area is 81.3 Å². The van der Waals surface area contributed by atoms with Crippen LogP contribution in [-0.4, -0.2) is 17.1 Å². The van der Waals surface area contributed by atoms with Crippen LogP contribution >= 0.6 is 0 Å². The number of carbonyl (C=O) groups is 1. The molecule has 0 unspecified atom stereocenters. The summed E-state index contributed by atoms with van der Waals surface area (Å²) in [6.07, 6.45) is 1.87. The first-order valence-corrected chi connectivity index (χ1v) is 4.35. The first-order chi connectivity index (χ1) is 6.77. The maximum atomic E-state index is 10.6. The number of para-hydroxylation sites is 1. The fourth-order valence-corrected chi connectivity index (χ4v) is 1.38. The zero-order chi connectivity index (χ0) is 9.97. The fraction of sp³-hybridized carbons (Fsp3) is 0.100. The highest BCUT2D eigenvalue weighted by Gasteiger charge is 1.99. The number of hydrogen-bond acceptors (Lipinski definition) is 2. The van der Waals surface area contributed by atoms with E-state index in [9.17, 15) is 4.79 Å². The minimum Gasteiger partial charge on any atom is -0.368 e. The number of aromatic nitrogens is 1. The first-order valence-electron chi connectivity index (χ1n) is 4.35. The molecule has 0 saturated heterocycles. The molecule has 0 aliphatic heterocycles. The van der Waals surface area contributed by atoms with Crippen molar-refractivity contribution in [2.45, 2.75) is 0 Å². The molecule has 1 amide bonds. The SMILES string of the molecule is NC(=O)CNn1ccc2ccccc21. The summed E-state index contributed by atoms with van der Waals surface area (Å²) in [5.74, 6) is -0.372. The molecule has 0 atom stereocenters. The van der Waals surface area contributed by atoms with Gasteiger partial charge in [-0.05, 0) is 12.1 Å². The zero-order valence-corrected chi connectivity index (χ0v) is 7.60. The van der Waals surface area contributed by atoms with E-state index in [4.69, 9.17) is 5.73 Å². The Balaban J connectivity index is 2.29. The van der Waals surface area contributed by atoms with Gasteiger partial charge in [0.25, 0.3) is 0 Å². The van der Waals surface area contributed by atoms with E-state index in [1.165, 1.54) is 0 Å². The maximum absolute atomic E-state index is 10.6. The Morgan fingerprint density at radius 2 is 2.14 bits per heavy atom. The predicted molar refractivity (Wildman–Crippen MR) is 55.4 cm³/mol. The van der Waals surface area contributed by atoms with E-state index >= 15 is 0 Å². The summed E-state index contributed by atoms with van der Waals surface area (Å²) in [6.45, 7) is 0.138. The van der Waals surface area contributed by atoms with Crippen molar-refractivity contribution in [3.05, 3.63) is 36.5 Å². The van der Waals surface area contributed by atoms with E-state index in [1.807, 2.05) is 36.5 Å². The molecule has 72 valence electrons. The van der Waals surface area contributed by atoms with E-state index in [0.717, 1.165) is 10.9 Å². The third-order valence-corrected chi connectivity index (χ3v) is 2.02. The number of nitrogens with one attached hydrogen (secondary N) is 1. The van der Waals surface area contributed by atoms with Gasteiger partial charge in [0, 0.05) is 11.6 Å². The molecule has 1 aromatic heterocycles. The lowest BCUT2D eigenvalue weighted by Crippen LogP contribution is -2.27. The second kappa shape index (κ2) is 3.41. The van der Waals surface area contributed by atoms with Crippen molar-refractivity contribution < 1.29 is 4.79 Å². The van der Waals surface area contributed by atoms with Gasteiger partial charge in [-0.1, -0.05) is 18.2 Å². The lowest BCUT2D eigenvalue weighted by molar-refractivity contribution is -0.116. The Morgan fingerprint density at radius 1 is 1.36 bits per heavy atom. The van der Waals surface area contributed by atoms with Crippen LogP contribution in [0.2, 0.25) is 0 Å². The highest BCUT2D eigenvalue weighted by molar-refractivity contribution is 5.81. The van der Waals surface area contributed by atoms with Gasteiger partial charge >= 0.3 is 0 Å². The van der Waals surface area contributed by atoms with Gasteiger partial charge in [0.05, 0.1) is 5.52 Å². The molecule has 0 fully saturated rings. The van der Waals surface area contributed by atoms with E-state index in [-0.39, 0.29) is 12.5 Å². The lowest BCUT2D eigenvalue weighted by Gasteiger charge is -2.06. The number of primary amides is 1. The second-order valence-corrected chi connectivity index (χ2v) is 3.05. The molecule has 0 spiro atoms. The number of nitrogens with zero attached hydrogens (tertiary/aromatic N) is 1. The van der Waals surface area contributed by atoms with Gasteiger partial charge < -0.3 is 11.2 Å². The van der Waals surface area contributed by atoms with Crippen molar-refractivity contribution in [2.24, 2.45) is 5.73 Å². The summed E-state index contributed by atoms with van der Waals surface area (Å²) in [5, 5.41) is 1.13. The molecule has 1 heterocycles. The summed E-state index contributed by atoms with van der Waals surface area (Å²) in [7, 11) is 0. The minimum atomic E-state index is -0.372. The Kier molecular flexibility index (Phi) is 2.10. The van der Waals surface area contributed by atoms with Crippen molar-refractivity contribution in [3.63, 3.8) is 0 Å². The number of carbonyl (C=O) groups excluding carboxylic acids is 1. The van der Waals surface area contributed by atoms with Gasteiger partial charge in [0.15, 0.2) is 0 Å². The average molecular weight is 189 g/mol. The number of amides is 1. The van der Waals surface area contributed by atoms with Gasteiger partial charge in [-0.25, -0.2) is 0 Å². The second-order valence-electron chi connectivity index (χ2n) is 3.05. The minimum absolute atomic E-state index is 0.138. The first kappa shape index (κ1) is 8.62. The molecule has 0 aliphatic rings. The van der Waals surface area contributed by atoms with Gasteiger partial charge in [-0.2, -0.15) is 0 Å². The van der Waals surface area contributed by atoms with Crippen LogP contribution < -0.4 is 11.2 Å². The third-order valence-electron chi connectivity index (χ3n) is 2.02. The van der Waals surface area contributed by atoms with Crippen LogP contribution in [0.1, 0.15) is 0 Å². The molecule has 2 aromatic rings. The number of benzene rings is 1. The monoisotopic (exact) mass is 189 g/mol. The summed E-state index contributed by atoms with van der Waals surface area (Å²) < 4.78 is 1.79. The van der Waals surface area contributed by atoms with Gasteiger partial charge in [0.1, 0.15) is 6.54 Å². The molecule has 0 saturated carbocycles. The van der Waals surface area contributed by atoms with Crippen LogP contribution in [0.5, 0.6) is 0 Å². The molecule has 0 radical (unpaired) electrons.